The quantitative estimate of drug-likeness (QED) is 0.886. The van der Waals surface area contributed by atoms with E-state index in [1.165, 1.54) is 4.90 Å². The molecule has 2 fully saturated rings. The number of hydrogen-bond acceptors (Lipinski definition) is 3. The number of carboxylic acids is 1. The maximum Gasteiger partial charge on any atom is 0.326 e. The molecule has 2 N–H and O–H groups in total. The fraction of sp³-hybridized carbons (Fsp3) is 0.438. The zero-order chi connectivity index (χ0) is 15.7. The minimum atomic E-state index is -0.959. The second-order valence-electron chi connectivity index (χ2n) is 5.84. The standard InChI is InChI=1S/C16H18N2O4/c19-14(10-3-4-10)17-12-7-5-11(6-8-12)15(20)18-9-1-2-13(18)16(21)22/h5-8,10,13H,1-4,9H2,(H,17,19)(H,21,22)/t13-/m1/s1. The van der Waals surface area contributed by atoms with Gasteiger partial charge in [0, 0.05) is 23.7 Å². The Morgan fingerprint density at radius 2 is 1.77 bits per heavy atom. The molecule has 2 aliphatic rings. The number of benzene rings is 1. The van der Waals surface area contributed by atoms with Crippen molar-refractivity contribution in [2.24, 2.45) is 5.92 Å². The molecule has 0 aromatic heterocycles. The number of nitrogens with zero attached hydrogens (tertiary/aromatic N) is 1. The Bertz CT molecular complexity index is 607. The maximum absolute atomic E-state index is 12.4. The van der Waals surface area contributed by atoms with Crippen LogP contribution in [0, 0.1) is 5.92 Å². The Morgan fingerprint density at radius 1 is 1.09 bits per heavy atom. The van der Waals surface area contributed by atoms with E-state index in [4.69, 9.17) is 5.11 Å². The molecule has 1 aliphatic heterocycles. The number of carbonyl (C=O) groups is 3. The molecule has 3 rings (SSSR count). The van der Waals surface area contributed by atoms with Gasteiger partial charge in [0.25, 0.3) is 5.91 Å². The van der Waals surface area contributed by atoms with Crippen LogP contribution in [0.1, 0.15) is 36.0 Å². The van der Waals surface area contributed by atoms with Gasteiger partial charge < -0.3 is 15.3 Å². The zero-order valence-electron chi connectivity index (χ0n) is 12.1. The van der Waals surface area contributed by atoms with E-state index >= 15 is 0 Å². The molecular weight excluding hydrogens is 284 g/mol. The first kappa shape index (κ1) is 14.6. The van der Waals surface area contributed by atoms with Crippen LogP contribution < -0.4 is 5.32 Å². The number of carboxylic acid groups (broad SMARTS) is 1. The van der Waals surface area contributed by atoms with Crippen LogP contribution in [0.2, 0.25) is 0 Å². The Hall–Kier alpha value is -2.37. The van der Waals surface area contributed by atoms with Crippen LogP contribution in [0.4, 0.5) is 5.69 Å². The molecule has 116 valence electrons. The number of hydrogen-bond donors (Lipinski definition) is 2. The van der Waals surface area contributed by atoms with Gasteiger partial charge in [-0.2, -0.15) is 0 Å². The number of anilines is 1. The SMILES string of the molecule is O=C(Nc1ccc(C(=O)N2CCC[C@@H]2C(=O)O)cc1)C1CC1. The number of amides is 2. The lowest BCUT2D eigenvalue weighted by Crippen LogP contribution is -2.40. The summed E-state index contributed by atoms with van der Waals surface area (Å²) in [5.74, 6) is -1.09. The molecule has 0 radical (unpaired) electrons. The number of aliphatic carboxylic acids is 1. The molecular formula is C16H18N2O4. The highest BCUT2D eigenvalue weighted by atomic mass is 16.4. The van der Waals surface area contributed by atoms with E-state index < -0.39 is 12.0 Å². The Balaban J connectivity index is 1.67. The Labute approximate surface area is 128 Å². The average Bonchev–Trinajstić information content (AvgIpc) is 3.24. The Morgan fingerprint density at radius 3 is 2.36 bits per heavy atom. The van der Waals surface area contributed by atoms with Crippen molar-refractivity contribution in [2.45, 2.75) is 31.7 Å². The largest absolute Gasteiger partial charge is 0.480 e. The first-order valence-electron chi connectivity index (χ1n) is 7.51. The van der Waals surface area contributed by atoms with Crippen molar-refractivity contribution < 1.29 is 19.5 Å². The van der Waals surface area contributed by atoms with Gasteiger partial charge in [0.1, 0.15) is 6.04 Å². The highest BCUT2D eigenvalue weighted by molar-refractivity contribution is 5.98. The third kappa shape index (κ3) is 2.95. The summed E-state index contributed by atoms with van der Waals surface area (Å²) in [5, 5.41) is 11.9. The minimum Gasteiger partial charge on any atom is -0.480 e. The summed E-state index contributed by atoms with van der Waals surface area (Å²) < 4.78 is 0. The van der Waals surface area contributed by atoms with Crippen molar-refractivity contribution in [3.63, 3.8) is 0 Å². The summed E-state index contributed by atoms with van der Waals surface area (Å²) in [7, 11) is 0. The lowest BCUT2D eigenvalue weighted by Gasteiger charge is -2.21. The molecule has 1 atom stereocenters. The van der Waals surface area contributed by atoms with Crippen molar-refractivity contribution in [1.82, 2.24) is 4.90 Å². The summed E-state index contributed by atoms with van der Waals surface area (Å²) in [6, 6.07) is 5.88. The van der Waals surface area contributed by atoms with Gasteiger partial charge in [-0.1, -0.05) is 0 Å². The second kappa shape index (κ2) is 5.79. The predicted octanol–water partition coefficient (Wildman–Crippen LogP) is 1.72. The molecule has 1 aliphatic carbocycles. The molecule has 22 heavy (non-hydrogen) atoms. The van der Waals surface area contributed by atoms with Gasteiger partial charge in [0.05, 0.1) is 0 Å². The molecule has 1 aromatic carbocycles. The minimum absolute atomic E-state index is 0.0181. The molecule has 1 saturated carbocycles. The van der Waals surface area contributed by atoms with Crippen LogP contribution in [0.25, 0.3) is 0 Å². The first-order chi connectivity index (χ1) is 10.6. The summed E-state index contributed by atoms with van der Waals surface area (Å²) >= 11 is 0. The van der Waals surface area contributed by atoms with Crippen molar-refractivity contribution >= 4 is 23.5 Å². The lowest BCUT2D eigenvalue weighted by atomic mass is 10.1. The van der Waals surface area contributed by atoms with Crippen LogP contribution in [0.5, 0.6) is 0 Å². The van der Waals surface area contributed by atoms with E-state index in [0.717, 1.165) is 12.8 Å². The average molecular weight is 302 g/mol. The summed E-state index contributed by atoms with van der Waals surface area (Å²) in [6.07, 6.45) is 3.08. The summed E-state index contributed by atoms with van der Waals surface area (Å²) in [4.78, 5) is 36.6. The monoisotopic (exact) mass is 302 g/mol. The molecule has 0 unspecified atom stereocenters. The van der Waals surface area contributed by atoms with E-state index in [0.29, 0.717) is 30.6 Å². The van der Waals surface area contributed by atoms with Crippen LogP contribution in [-0.4, -0.2) is 40.4 Å². The van der Waals surface area contributed by atoms with Crippen LogP contribution >= 0.6 is 0 Å². The van der Waals surface area contributed by atoms with Crippen LogP contribution in [0.3, 0.4) is 0 Å². The summed E-state index contributed by atoms with van der Waals surface area (Å²) in [6.45, 7) is 0.468. The normalized spacial score (nSPS) is 20.7. The fourth-order valence-corrected chi connectivity index (χ4v) is 2.72. The summed E-state index contributed by atoms with van der Waals surface area (Å²) in [5.41, 5.74) is 1.10. The zero-order valence-corrected chi connectivity index (χ0v) is 12.1. The number of likely N-dealkylation sites (tertiary alicyclic amines) is 1. The molecule has 6 nitrogen and oxygen atoms in total. The number of rotatable bonds is 4. The van der Waals surface area contributed by atoms with Gasteiger partial charge in [0.15, 0.2) is 0 Å². The molecule has 6 heteroatoms. The number of nitrogens with one attached hydrogen (secondary N) is 1. The molecule has 2 amide bonds. The lowest BCUT2D eigenvalue weighted by molar-refractivity contribution is -0.141. The first-order valence-corrected chi connectivity index (χ1v) is 7.51. The third-order valence-corrected chi connectivity index (χ3v) is 4.15. The maximum atomic E-state index is 12.4. The van der Waals surface area contributed by atoms with Crippen LogP contribution in [-0.2, 0) is 9.59 Å². The van der Waals surface area contributed by atoms with E-state index in [1.54, 1.807) is 24.3 Å². The van der Waals surface area contributed by atoms with Crippen molar-refractivity contribution in [3.05, 3.63) is 29.8 Å². The van der Waals surface area contributed by atoms with E-state index in [-0.39, 0.29) is 17.7 Å². The molecule has 0 bridgehead atoms. The van der Waals surface area contributed by atoms with Gasteiger partial charge in [-0.3, -0.25) is 9.59 Å². The van der Waals surface area contributed by atoms with Crippen molar-refractivity contribution in [2.75, 3.05) is 11.9 Å². The third-order valence-electron chi connectivity index (χ3n) is 4.15. The van der Waals surface area contributed by atoms with E-state index in [2.05, 4.69) is 5.32 Å². The van der Waals surface area contributed by atoms with Crippen molar-refractivity contribution in [3.8, 4) is 0 Å². The Kier molecular flexibility index (Phi) is 3.83. The highest BCUT2D eigenvalue weighted by Crippen LogP contribution is 2.30. The number of carbonyl (C=O) groups excluding carboxylic acids is 2. The van der Waals surface area contributed by atoms with Crippen molar-refractivity contribution in [1.29, 1.82) is 0 Å². The van der Waals surface area contributed by atoms with Gasteiger partial charge >= 0.3 is 5.97 Å². The molecule has 1 saturated heterocycles. The molecule has 1 heterocycles. The second-order valence-corrected chi connectivity index (χ2v) is 5.84. The van der Waals surface area contributed by atoms with Gasteiger partial charge in [-0.05, 0) is 49.9 Å². The predicted molar refractivity (Wildman–Crippen MR) is 79.5 cm³/mol. The van der Waals surface area contributed by atoms with E-state index in [9.17, 15) is 14.4 Å². The topological polar surface area (TPSA) is 86.7 Å². The highest BCUT2D eigenvalue weighted by Gasteiger charge is 2.34. The van der Waals surface area contributed by atoms with Crippen LogP contribution in [0.15, 0.2) is 24.3 Å². The smallest absolute Gasteiger partial charge is 0.326 e. The fourth-order valence-electron chi connectivity index (χ4n) is 2.72. The molecule has 1 aromatic rings. The van der Waals surface area contributed by atoms with Gasteiger partial charge in [-0.25, -0.2) is 4.79 Å². The van der Waals surface area contributed by atoms with E-state index in [1.807, 2.05) is 0 Å². The van der Waals surface area contributed by atoms with Gasteiger partial charge in [-0.15, -0.1) is 0 Å². The van der Waals surface area contributed by atoms with Gasteiger partial charge in [0.2, 0.25) is 5.91 Å². The molecule has 0 spiro atoms.